The Hall–Kier alpha value is -1.58. The van der Waals surface area contributed by atoms with Crippen LogP contribution in [-0.2, 0) is 0 Å². The fraction of sp³-hybridized carbons (Fsp3) is 0.400. The Labute approximate surface area is 81.2 Å². The van der Waals surface area contributed by atoms with Gasteiger partial charge >= 0.3 is 5.97 Å². The van der Waals surface area contributed by atoms with Crippen molar-refractivity contribution in [3.05, 3.63) is 23.1 Å². The molecule has 1 aromatic heterocycles. The van der Waals surface area contributed by atoms with Gasteiger partial charge in [0.2, 0.25) is 0 Å². The first kappa shape index (κ1) is 8.99. The summed E-state index contributed by atoms with van der Waals surface area (Å²) in [6.45, 7) is 1.84. The Morgan fingerprint density at radius 2 is 2.36 bits per heavy atom. The molecule has 0 radical (unpaired) electrons. The minimum Gasteiger partial charge on any atom is -0.476 e. The number of carboxylic acids is 1. The van der Waals surface area contributed by atoms with Crippen LogP contribution in [0.25, 0.3) is 6.08 Å². The van der Waals surface area contributed by atoms with Crippen molar-refractivity contribution in [2.75, 3.05) is 0 Å². The molecule has 0 atom stereocenters. The molecule has 1 aliphatic carbocycles. The summed E-state index contributed by atoms with van der Waals surface area (Å²) >= 11 is 0. The number of rotatable bonds is 3. The summed E-state index contributed by atoms with van der Waals surface area (Å²) in [5.74, 6) is 0.0658. The largest absolute Gasteiger partial charge is 0.476 e. The molecule has 4 heteroatoms. The summed E-state index contributed by atoms with van der Waals surface area (Å²) in [5, 5.41) is 12.4. The van der Waals surface area contributed by atoms with E-state index in [1.807, 2.05) is 6.92 Å². The first-order chi connectivity index (χ1) is 6.74. The van der Waals surface area contributed by atoms with Gasteiger partial charge in [-0.2, -0.15) is 0 Å². The van der Waals surface area contributed by atoms with Gasteiger partial charge in [0.05, 0.1) is 5.56 Å². The summed E-state index contributed by atoms with van der Waals surface area (Å²) in [6, 6.07) is 0. The molecule has 14 heavy (non-hydrogen) atoms. The van der Waals surface area contributed by atoms with Crippen LogP contribution in [0.3, 0.4) is 0 Å². The van der Waals surface area contributed by atoms with Gasteiger partial charge < -0.3 is 9.63 Å². The zero-order chi connectivity index (χ0) is 10.1. The van der Waals surface area contributed by atoms with E-state index in [1.54, 1.807) is 12.2 Å². The third-order valence-corrected chi connectivity index (χ3v) is 2.24. The first-order valence-corrected chi connectivity index (χ1v) is 4.59. The second-order valence-electron chi connectivity index (χ2n) is 3.39. The van der Waals surface area contributed by atoms with Crippen LogP contribution in [0.15, 0.2) is 10.6 Å². The molecule has 0 saturated heterocycles. The molecule has 0 amide bonds. The van der Waals surface area contributed by atoms with Crippen LogP contribution in [-0.4, -0.2) is 16.2 Å². The molecule has 4 nitrogen and oxygen atoms in total. The van der Waals surface area contributed by atoms with Crippen molar-refractivity contribution in [1.82, 2.24) is 5.16 Å². The molecule has 2 rings (SSSR count). The van der Waals surface area contributed by atoms with E-state index in [0.29, 0.717) is 11.5 Å². The number of nitrogens with zero attached hydrogens (tertiary/aromatic N) is 1. The molecule has 0 aromatic carbocycles. The number of hydrogen-bond acceptors (Lipinski definition) is 3. The second-order valence-corrected chi connectivity index (χ2v) is 3.39. The number of aromatic nitrogens is 1. The molecular weight excluding hydrogens is 182 g/mol. The highest BCUT2D eigenvalue weighted by atomic mass is 16.5. The lowest BCUT2D eigenvalue weighted by Crippen LogP contribution is -1.99. The van der Waals surface area contributed by atoms with Gasteiger partial charge in [0, 0.05) is 5.92 Å². The van der Waals surface area contributed by atoms with E-state index in [2.05, 4.69) is 5.16 Å². The summed E-state index contributed by atoms with van der Waals surface area (Å²) in [7, 11) is 0. The topological polar surface area (TPSA) is 63.3 Å². The molecular formula is C10H11NO3. The fourth-order valence-electron chi connectivity index (χ4n) is 1.43. The van der Waals surface area contributed by atoms with Crippen molar-refractivity contribution in [1.29, 1.82) is 0 Å². The molecule has 1 aromatic rings. The lowest BCUT2D eigenvalue weighted by molar-refractivity contribution is 0.0685. The number of carbonyl (C=O) groups is 1. The van der Waals surface area contributed by atoms with Crippen LogP contribution in [0.2, 0.25) is 0 Å². The van der Waals surface area contributed by atoms with E-state index < -0.39 is 5.97 Å². The molecule has 1 N–H and O–H groups in total. The fourth-order valence-corrected chi connectivity index (χ4v) is 1.43. The monoisotopic (exact) mass is 193 g/mol. The van der Waals surface area contributed by atoms with Crippen molar-refractivity contribution in [2.24, 2.45) is 0 Å². The SMILES string of the molecule is C/C=C/c1c(C(=O)O)noc1C1CC1. The Kier molecular flexibility index (Phi) is 2.11. The molecule has 74 valence electrons. The van der Waals surface area contributed by atoms with Crippen molar-refractivity contribution in [2.45, 2.75) is 25.7 Å². The van der Waals surface area contributed by atoms with E-state index in [9.17, 15) is 4.79 Å². The van der Waals surface area contributed by atoms with Gasteiger partial charge in [-0.25, -0.2) is 4.79 Å². The molecule has 0 unspecified atom stereocenters. The van der Waals surface area contributed by atoms with Crippen LogP contribution in [0.5, 0.6) is 0 Å². The normalized spacial score (nSPS) is 16.4. The Bertz CT molecular complexity index is 388. The van der Waals surface area contributed by atoms with Crippen LogP contribution < -0.4 is 0 Å². The lowest BCUT2D eigenvalue weighted by Gasteiger charge is -1.92. The van der Waals surface area contributed by atoms with Crippen LogP contribution in [0.1, 0.15) is 47.5 Å². The minimum absolute atomic E-state index is 0.0185. The Balaban J connectivity index is 2.45. The first-order valence-electron chi connectivity index (χ1n) is 4.59. The van der Waals surface area contributed by atoms with Crippen molar-refractivity contribution in [3.8, 4) is 0 Å². The predicted molar refractivity (Wildman–Crippen MR) is 50.1 cm³/mol. The summed E-state index contributed by atoms with van der Waals surface area (Å²) < 4.78 is 5.05. The van der Waals surface area contributed by atoms with E-state index in [-0.39, 0.29) is 5.69 Å². The summed E-state index contributed by atoms with van der Waals surface area (Å²) in [4.78, 5) is 10.8. The molecule has 0 spiro atoms. The third kappa shape index (κ3) is 1.43. The maximum absolute atomic E-state index is 10.8. The van der Waals surface area contributed by atoms with Crippen LogP contribution in [0, 0.1) is 0 Å². The van der Waals surface area contributed by atoms with E-state index in [1.165, 1.54) is 0 Å². The van der Waals surface area contributed by atoms with Gasteiger partial charge in [-0.3, -0.25) is 0 Å². The lowest BCUT2D eigenvalue weighted by atomic mass is 10.1. The van der Waals surface area contributed by atoms with Crippen LogP contribution in [0.4, 0.5) is 0 Å². The van der Waals surface area contributed by atoms with Crippen molar-refractivity contribution in [3.63, 3.8) is 0 Å². The number of carboxylic acid groups (broad SMARTS) is 1. The maximum atomic E-state index is 10.8. The average molecular weight is 193 g/mol. The Morgan fingerprint density at radius 3 is 2.86 bits per heavy atom. The maximum Gasteiger partial charge on any atom is 0.358 e. The van der Waals surface area contributed by atoms with E-state index in [0.717, 1.165) is 18.6 Å². The number of allylic oxidation sites excluding steroid dienone is 1. The molecule has 1 saturated carbocycles. The highest BCUT2D eigenvalue weighted by molar-refractivity contribution is 5.90. The standard InChI is InChI=1S/C10H11NO3/c1-2-3-7-8(10(12)13)11-14-9(7)6-4-5-6/h2-3,6H,4-5H2,1H3,(H,12,13)/b3-2+. The number of hydrogen-bond donors (Lipinski definition) is 1. The van der Waals surface area contributed by atoms with Gasteiger partial charge in [-0.05, 0) is 19.8 Å². The minimum atomic E-state index is -1.03. The molecule has 0 bridgehead atoms. The number of aromatic carboxylic acids is 1. The zero-order valence-electron chi connectivity index (χ0n) is 7.86. The predicted octanol–water partition coefficient (Wildman–Crippen LogP) is 2.28. The van der Waals surface area contributed by atoms with Gasteiger partial charge in [0.15, 0.2) is 5.69 Å². The molecule has 1 aliphatic rings. The molecule has 1 fully saturated rings. The zero-order valence-corrected chi connectivity index (χ0v) is 7.86. The summed E-state index contributed by atoms with van der Waals surface area (Å²) in [6.07, 6.45) is 5.68. The second kappa shape index (κ2) is 3.29. The van der Waals surface area contributed by atoms with Crippen LogP contribution >= 0.6 is 0 Å². The van der Waals surface area contributed by atoms with Crippen molar-refractivity contribution < 1.29 is 14.4 Å². The Morgan fingerprint density at radius 1 is 1.64 bits per heavy atom. The molecule has 1 heterocycles. The smallest absolute Gasteiger partial charge is 0.358 e. The molecule has 0 aliphatic heterocycles. The van der Waals surface area contributed by atoms with Gasteiger partial charge in [0.25, 0.3) is 0 Å². The highest BCUT2D eigenvalue weighted by Gasteiger charge is 2.32. The van der Waals surface area contributed by atoms with E-state index in [4.69, 9.17) is 9.63 Å². The van der Waals surface area contributed by atoms with Crippen molar-refractivity contribution >= 4 is 12.0 Å². The van der Waals surface area contributed by atoms with Gasteiger partial charge in [-0.1, -0.05) is 17.3 Å². The van der Waals surface area contributed by atoms with E-state index >= 15 is 0 Å². The summed E-state index contributed by atoms with van der Waals surface area (Å²) in [5.41, 5.74) is 0.646. The van der Waals surface area contributed by atoms with Gasteiger partial charge in [0.1, 0.15) is 5.76 Å². The quantitative estimate of drug-likeness (QED) is 0.799. The third-order valence-electron chi connectivity index (χ3n) is 2.24. The highest BCUT2D eigenvalue weighted by Crippen LogP contribution is 2.42. The van der Waals surface area contributed by atoms with Gasteiger partial charge in [-0.15, -0.1) is 0 Å². The average Bonchev–Trinajstić information content (AvgIpc) is 2.89.